The minimum Gasteiger partial charge on any atom is -0.496 e. The number of ether oxygens (including phenoxy) is 3. The van der Waals surface area contributed by atoms with E-state index >= 15 is 0 Å². The molecular weight excluding hydrogens is 476 g/mol. The fraction of sp³-hybridized carbons (Fsp3) is 0.391. The Labute approximate surface area is 194 Å². The Morgan fingerprint density at radius 3 is 2.78 bits per heavy atom. The zero-order valence-corrected chi connectivity index (χ0v) is 19.7. The standard InChI is InChI=1S/C23H25BrN4O4/c1-14-11-19-21(23(29)28(14)6-5-27-7-9-31-10-8-27)20(17(13-25)22(26)32-19)16-12-15(24)3-4-18(16)30-2/h3-4,11-12,20H,5-10,26H2,1-2H3/p+1/t20-/m1/s1. The number of hydrogen-bond acceptors (Lipinski definition) is 6. The highest BCUT2D eigenvalue weighted by atomic mass is 79.9. The van der Waals surface area contributed by atoms with Crippen molar-refractivity contribution in [2.24, 2.45) is 5.73 Å². The molecule has 0 unspecified atom stereocenters. The predicted octanol–water partition coefficient (Wildman–Crippen LogP) is 1.06. The number of nitriles is 1. The van der Waals surface area contributed by atoms with Gasteiger partial charge in [-0.1, -0.05) is 15.9 Å². The molecule has 2 aromatic rings. The van der Waals surface area contributed by atoms with Crippen LogP contribution in [0.25, 0.3) is 0 Å². The van der Waals surface area contributed by atoms with E-state index in [1.165, 1.54) is 4.90 Å². The number of nitrogens with two attached hydrogens (primary N) is 1. The van der Waals surface area contributed by atoms with Crippen LogP contribution < -0.4 is 25.7 Å². The summed E-state index contributed by atoms with van der Waals surface area (Å²) in [6, 6.07) is 9.47. The Morgan fingerprint density at radius 2 is 2.09 bits per heavy atom. The highest BCUT2D eigenvalue weighted by Crippen LogP contribution is 2.44. The van der Waals surface area contributed by atoms with Crippen LogP contribution in [0, 0.1) is 18.3 Å². The average molecular weight is 502 g/mol. The summed E-state index contributed by atoms with van der Waals surface area (Å²) < 4.78 is 19.3. The van der Waals surface area contributed by atoms with Crippen molar-refractivity contribution in [3.05, 3.63) is 67.4 Å². The fourth-order valence-electron chi connectivity index (χ4n) is 4.39. The molecule has 2 aliphatic rings. The smallest absolute Gasteiger partial charge is 0.258 e. The summed E-state index contributed by atoms with van der Waals surface area (Å²) in [5, 5.41) is 9.90. The summed E-state index contributed by atoms with van der Waals surface area (Å²) in [5.41, 5.74) is 7.99. The first-order chi connectivity index (χ1) is 15.4. The number of fused-ring (bicyclic) bond motifs is 1. The van der Waals surface area contributed by atoms with Gasteiger partial charge in [0.2, 0.25) is 5.88 Å². The van der Waals surface area contributed by atoms with Gasteiger partial charge in [-0.05, 0) is 25.1 Å². The van der Waals surface area contributed by atoms with E-state index in [1.807, 2.05) is 25.1 Å². The number of nitrogens with zero attached hydrogens (tertiary/aromatic N) is 2. The maximum atomic E-state index is 13.8. The van der Waals surface area contributed by atoms with Crippen molar-refractivity contribution in [1.29, 1.82) is 5.26 Å². The molecule has 4 rings (SSSR count). The van der Waals surface area contributed by atoms with E-state index < -0.39 is 5.92 Å². The zero-order chi connectivity index (χ0) is 22.8. The van der Waals surface area contributed by atoms with E-state index in [0.717, 1.165) is 43.0 Å². The van der Waals surface area contributed by atoms with E-state index in [0.29, 0.717) is 29.2 Å². The summed E-state index contributed by atoms with van der Waals surface area (Å²) in [6.45, 7) is 6.60. The minimum atomic E-state index is -0.689. The van der Waals surface area contributed by atoms with E-state index in [2.05, 4.69) is 22.0 Å². The highest BCUT2D eigenvalue weighted by molar-refractivity contribution is 9.10. The van der Waals surface area contributed by atoms with Gasteiger partial charge in [0.05, 0.1) is 44.9 Å². The van der Waals surface area contributed by atoms with E-state index in [-0.39, 0.29) is 17.0 Å². The molecule has 1 fully saturated rings. The lowest BCUT2D eigenvalue weighted by atomic mass is 9.83. The van der Waals surface area contributed by atoms with Gasteiger partial charge >= 0.3 is 0 Å². The van der Waals surface area contributed by atoms with E-state index in [9.17, 15) is 10.1 Å². The molecule has 3 N–H and O–H groups in total. The number of methoxy groups -OCH3 is 1. The third-order valence-corrected chi connectivity index (χ3v) is 6.57. The van der Waals surface area contributed by atoms with Crippen LogP contribution in [0.3, 0.4) is 0 Å². The third kappa shape index (κ3) is 4.13. The minimum absolute atomic E-state index is 0.00124. The SMILES string of the molecule is COc1ccc(Br)cc1[C@@H]1C(C#N)=C(N)Oc2cc(C)n(CC[NH+]3CCOCC3)c(=O)c21. The summed E-state index contributed by atoms with van der Waals surface area (Å²) >= 11 is 3.49. The van der Waals surface area contributed by atoms with Gasteiger partial charge in [0, 0.05) is 21.8 Å². The first-order valence-corrected chi connectivity index (χ1v) is 11.3. The van der Waals surface area contributed by atoms with E-state index in [4.69, 9.17) is 19.9 Å². The Bertz CT molecular complexity index is 1160. The number of hydrogen-bond donors (Lipinski definition) is 2. The van der Waals surface area contributed by atoms with Crippen molar-refractivity contribution in [1.82, 2.24) is 4.57 Å². The molecule has 0 bridgehead atoms. The zero-order valence-electron chi connectivity index (χ0n) is 18.1. The molecule has 32 heavy (non-hydrogen) atoms. The molecule has 3 heterocycles. The fourth-order valence-corrected chi connectivity index (χ4v) is 4.76. The molecule has 0 amide bonds. The van der Waals surface area contributed by atoms with Crippen LogP contribution in [-0.2, 0) is 11.3 Å². The molecule has 1 aromatic carbocycles. The van der Waals surface area contributed by atoms with Crippen LogP contribution in [0.4, 0.5) is 0 Å². The second-order valence-electron chi connectivity index (χ2n) is 7.94. The Balaban J connectivity index is 1.83. The van der Waals surface area contributed by atoms with Crippen LogP contribution >= 0.6 is 15.9 Å². The van der Waals surface area contributed by atoms with Gasteiger partial charge in [-0.3, -0.25) is 4.79 Å². The number of quaternary nitrogens is 1. The number of benzene rings is 1. The lowest BCUT2D eigenvalue weighted by Crippen LogP contribution is -3.14. The van der Waals surface area contributed by atoms with Gasteiger partial charge in [0.1, 0.15) is 36.2 Å². The highest BCUT2D eigenvalue weighted by Gasteiger charge is 2.36. The van der Waals surface area contributed by atoms with Crippen LogP contribution in [-0.4, -0.2) is 44.5 Å². The summed E-state index contributed by atoms with van der Waals surface area (Å²) in [4.78, 5) is 15.2. The topological polar surface area (TPSA) is 104 Å². The third-order valence-electron chi connectivity index (χ3n) is 6.08. The largest absolute Gasteiger partial charge is 0.496 e. The van der Waals surface area contributed by atoms with E-state index in [1.54, 1.807) is 17.7 Å². The molecule has 0 radical (unpaired) electrons. The molecule has 8 nitrogen and oxygen atoms in total. The Kier molecular flexibility index (Phi) is 6.55. The lowest BCUT2D eigenvalue weighted by Gasteiger charge is -2.29. The molecule has 1 aromatic heterocycles. The average Bonchev–Trinajstić information content (AvgIpc) is 2.78. The number of pyridine rings is 1. The van der Waals surface area contributed by atoms with Crippen LogP contribution in [0.5, 0.6) is 11.5 Å². The molecular formula is C23H26BrN4O4+. The number of aryl methyl sites for hydroxylation is 1. The van der Waals surface area contributed by atoms with Crippen molar-refractivity contribution < 1.29 is 19.1 Å². The van der Waals surface area contributed by atoms with Gasteiger partial charge in [-0.2, -0.15) is 5.26 Å². The van der Waals surface area contributed by atoms with Gasteiger partial charge < -0.3 is 29.4 Å². The molecule has 9 heteroatoms. The van der Waals surface area contributed by atoms with Crippen molar-refractivity contribution in [3.63, 3.8) is 0 Å². The van der Waals surface area contributed by atoms with Gasteiger partial charge in [-0.25, -0.2) is 0 Å². The van der Waals surface area contributed by atoms with Gasteiger partial charge in [-0.15, -0.1) is 0 Å². The molecule has 0 spiro atoms. The van der Waals surface area contributed by atoms with Crippen LogP contribution in [0.1, 0.15) is 22.7 Å². The van der Waals surface area contributed by atoms with Crippen molar-refractivity contribution in [2.45, 2.75) is 19.4 Å². The summed E-state index contributed by atoms with van der Waals surface area (Å²) in [6.07, 6.45) is 0. The number of halogens is 1. The molecule has 0 saturated carbocycles. The van der Waals surface area contributed by atoms with Gasteiger partial charge in [0.15, 0.2) is 0 Å². The number of morpholine rings is 1. The van der Waals surface area contributed by atoms with Gasteiger partial charge in [0.25, 0.3) is 5.56 Å². The molecule has 2 aliphatic heterocycles. The first kappa shape index (κ1) is 22.4. The normalized spacial score (nSPS) is 18.6. The number of allylic oxidation sites excluding steroid dienone is 1. The predicted molar refractivity (Wildman–Crippen MR) is 122 cm³/mol. The second-order valence-corrected chi connectivity index (χ2v) is 8.86. The number of nitrogens with one attached hydrogen (secondary N) is 1. The number of aromatic nitrogens is 1. The molecule has 0 aliphatic carbocycles. The van der Waals surface area contributed by atoms with Crippen molar-refractivity contribution in [3.8, 4) is 17.6 Å². The maximum Gasteiger partial charge on any atom is 0.258 e. The quantitative estimate of drug-likeness (QED) is 0.634. The maximum absolute atomic E-state index is 13.8. The van der Waals surface area contributed by atoms with Crippen molar-refractivity contribution >= 4 is 15.9 Å². The van der Waals surface area contributed by atoms with Crippen LogP contribution in [0.15, 0.2) is 45.0 Å². The second kappa shape index (κ2) is 9.36. The monoisotopic (exact) mass is 501 g/mol. The Hall–Kier alpha value is -2.80. The molecule has 1 saturated heterocycles. The number of rotatable bonds is 5. The first-order valence-electron chi connectivity index (χ1n) is 10.5. The molecule has 1 atom stereocenters. The van der Waals surface area contributed by atoms with Crippen molar-refractivity contribution in [2.75, 3.05) is 40.0 Å². The van der Waals surface area contributed by atoms with Crippen LogP contribution in [0.2, 0.25) is 0 Å². The molecule has 168 valence electrons. The lowest BCUT2D eigenvalue weighted by molar-refractivity contribution is -0.908. The summed E-state index contributed by atoms with van der Waals surface area (Å²) in [7, 11) is 1.56. The Morgan fingerprint density at radius 1 is 1.34 bits per heavy atom. The summed E-state index contributed by atoms with van der Waals surface area (Å²) in [5.74, 6) is 0.259.